The van der Waals surface area contributed by atoms with Gasteiger partial charge in [0.15, 0.2) is 0 Å². The standard InChI is InChI=1S/C12H11ClFN3O2S/c1-8-4-9(16-7-15-8)6-17-20(18,19)10-2-3-12(14)11(13)5-10/h2-5,7,17H,6H2,1H3. The average Bonchev–Trinajstić information content (AvgIpc) is 2.40. The first-order valence-corrected chi connectivity index (χ1v) is 7.47. The maximum atomic E-state index is 13.0. The summed E-state index contributed by atoms with van der Waals surface area (Å²) in [5.74, 6) is -0.669. The highest BCUT2D eigenvalue weighted by Crippen LogP contribution is 2.19. The van der Waals surface area contributed by atoms with E-state index in [1.807, 2.05) is 0 Å². The summed E-state index contributed by atoms with van der Waals surface area (Å²) in [6.07, 6.45) is 1.35. The van der Waals surface area contributed by atoms with Crippen LogP contribution in [0.4, 0.5) is 4.39 Å². The monoisotopic (exact) mass is 315 g/mol. The first kappa shape index (κ1) is 14.8. The summed E-state index contributed by atoms with van der Waals surface area (Å²) in [4.78, 5) is 7.76. The summed E-state index contributed by atoms with van der Waals surface area (Å²) in [6, 6.07) is 4.88. The topological polar surface area (TPSA) is 72.0 Å². The van der Waals surface area contributed by atoms with Gasteiger partial charge in [0.25, 0.3) is 0 Å². The van der Waals surface area contributed by atoms with Crippen molar-refractivity contribution in [3.8, 4) is 0 Å². The first-order valence-electron chi connectivity index (χ1n) is 5.61. The Labute approximate surface area is 120 Å². The normalized spacial score (nSPS) is 11.6. The van der Waals surface area contributed by atoms with Crippen molar-refractivity contribution in [2.24, 2.45) is 0 Å². The molecule has 0 radical (unpaired) electrons. The van der Waals surface area contributed by atoms with Crippen LogP contribution in [0.15, 0.2) is 35.5 Å². The van der Waals surface area contributed by atoms with Crippen molar-refractivity contribution in [1.82, 2.24) is 14.7 Å². The predicted molar refractivity (Wildman–Crippen MR) is 72.2 cm³/mol. The van der Waals surface area contributed by atoms with E-state index in [1.54, 1.807) is 13.0 Å². The van der Waals surface area contributed by atoms with Gasteiger partial charge < -0.3 is 0 Å². The van der Waals surface area contributed by atoms with Gasteiger partial charge in [-0.25, -0.2) is 27.5 Å². The van der Waals surface area contributed by atoms with E-state index >= 15 is 0 Å². The third-order valence-corrected chi connectivity index (χ3v) is 4.19. The number of hydrogen-bond donors (Lipinski definition) is 1. The molecule has 0 amide bonds. The van der Waals surface area contributed by atoms with E-state index in [2.05, 4.69) is 14.7 Å². The Bertz CT molecular complexity index is 737. The second-order valence-electron chi connectivity index (χ2n) is 4.05. The van der Waals surface area contributed by atoms with Crippen LogP contribution >= 0.6 is 11.6 Å². The molecular weight excluding hydrogens is 305 g/mol. The number of hydrogen-bond acceptors (Lipinski definition) is 4. The van der Waals surface area contributed by atoms with Gasteiger partial charge in [-0.2, -0.15) is 0 Å². The number of nitrogens with one attached hydrogen (secondary N) is 1. The van der Waals surface area contributed by atoms with E-state index in [4.69, 9.17) is 11.6 Å². The highest BCUT2D eigenvalue weighted by atomic mass is 35.5. The van der Waals surface area contributed by atoms with Gasteiger partial charge in [-0.15, -0.1) is 0 Å². The van der Waals surface area contributed by atoms with Crippen LogP contribution in [0.5, 0.6) is 0 Å². The molecule has 0 fully saturated rings. The van der Waals surface area contributed by atoms with Gasteiger partial charge >= 0.3 is 0 Å². The van der Waals surface area contributed by atoms with E-state index in [0.717, 1.165) is 23.9 Å². The molecule has 2 rings (SSSR count). The summed E-state index contributed by atoms with van der Waals surface area (Å²) >= 11 is 5.57. The van der Waals surface area contributed by atoms with Crippen LogP contribution in [0.2, 0.25) is 5.02 Å². The predicted octanol–water partition coefficient (Wildman–Crippen LogP) is 2.06. The molecule has 0 atom stereocenters. The van der Waals surface area contributed by atoms with Crippen molar-refractivity contribution in [1.29, 1.82) is 0 Å². The van der Waals surface area contributed by atoms with Crippen molar-refractivity contribution < 1.29 is 12.8 Å². The zero-order chi connectivity index (χ0) is 14.8. The Morgan fingerprint density at radius 2 is 2.05 bits per heavy atom. The van der Waals surface area contributed by atoms with Gasteiger partial charge in [-0.05, 0) is 31.2 Å². The van der Waals surface area contributed by atoms with E-state index in [-0.39, 0.29) is 16.5 Å². The Balaban J connectivity index is 2.17. The minimum Gasteiger partial charge on any atom is -0.242 e. The molecule has 20 heavy (non-hydrogen) atoms. The molecule has 8 heteroatoms. The zero-order valence-electron chi connectivity index (χ0n) is 10.5. The number of sulfonamides is 1. The lowest BCUT2D eigenvalue weighted by molar-refractivity contribution is 0.579. The molecule has 2 aromatic rings. The Morgan fingerprint density at radius 1 is 1.30 bits per heavy atom. The minimum absolute atomic E-state index is 0.0146. The van der Waals surface area contributed by atoms with Crippen LogP contribution in [-0.2, 0) is 16.6 Å². The fourth-order valence-corrected chi connectivity index (χ4v) is 2.77. The maximum absolute atomic E-state index is 13.0. The fourth-order valence-electron chi connectivity index (χ4n) is 1.50. The smallest absolute Gasteiger partial charge is 0.240 e. The minimum atomic E-state index is -3.77. The first-order chi connectivity index (χ1) is 9.38. The lowest BCUT2D eigenvalue weighted by Gasteiger charge is -2.07. The van der Waals surface area contributed by atoms with E-state index < -0.39 is 15.8 Å². The van der Waals surface area contributed by atoms with Crippen molar-refractivity contribution >= 4 is 21.6 Å². The number of benzene rings is 1. The van der Waals surface area contributed by atoms with Gasteiger partial charge in [0.1, 0.15) is 12.1 Å². The highest BCUT2D eigenvalue weighted by Gasteiger charge is 2.15. The molecule has 1 aromatic heterocycles. The molecule has 1 heterocycles. The van der Waals surface area contributed by atoms with Gasteiger partial charge in [0.2, 0.25) is 10.0 Å². The Hall–Kier alpha value is -1.57. The molecule has 106 valence electrons. The molecule has 0 saturated heterocycles. The van der Waals surface area contributed by atoms with Crippen LogP contribution in [0.25, 0.3) is 0 Å². The lowest BCUT2D eigenvalue weighted by Crippen LogP contribution is -2.23. The van der Waals surface area contributed by atoms with E-state index in [9.17, 15) is 12.8 Å². The number of nitrogens with zero attached hydrogens (tertiary/aromatic N) is 2. The number of rotatable bonds is 4. The lowest BCUT2D eigenvalue weighted by atomic mass is 10.3. The van der Waals surface area contributed by atoms with Gasteiger partial charge in [-0.1, -0.05) is 11.6 Å². The molecule has 5 nitrogen and oxygen atoms in total. The third-order valence-electron chi connectivity index (χ3n) is 2.51. The Kier molecular flexibility index (Phi) is 4.32. The van der Waals surface area contributed by atoms with E-state index in [1.165, 1.54) is 6.33 Å². The van der Waals surface area contributed by atoms with E-state index in [0.29, 0.717) is 5.69 Å². The van der Waals surface area contributed by atoms with Crippen molar-refractivity contribution in [3.63, 3.8) is 0 Å². The fraction of sp³-hybridized carbons (Fsp3) is 0.167. The largest absolute Gasteiger partial charge is 0.242 e. The van der Waals surface area contributed by atoms with Crippen molar-refractivity contribution in [2.75, 3.05) is 0 Å². The molecule has 0 saturated carbocycles. The number of halogens is 2. The number of aryl methyl sites for hydroxylation is 1. The van der Waals surface area contributed by atoms with Crippen LogP contribution < -0.4 is 4.72 Å². The van der Waals surface area contributed by atoms with Crippen LogP contribution in [0, 0.1) is 12.7 Å². The summed E-state index contributed by atoms with van der Waals surface area (Å²) in [5, 5.41) is -0.245. The van der Waals surface area contributed by atoms with Gasteiger partial charge in [0.05, 0.1) is 22.2 Å². The molecule has 0 aliphatic heterocycles. The quantitative estimate of drug-likeness (QED) is 0.937. The number of aromatic nitrogens is 2. The molecule has 0 spiro atoms. The summed E-state index contributed by atoms with van der Waals surface area (Å²) in [6.45, 7) is 1.79. The molecule has 1 aromatic carbocycles. The van der Waals surface area contributed by atoms with Crippen LogP contribution in [-0.4, -0.2) is 18.4 Å². The molecule has 0 unspecified atom stereocenters. The average molecular weight is 316 g/mol. The van der Waals surface area contributed by atoms with Crippen LogP contribution in [0.1, 0.15) is 11.4 Å². The highest BCUT2D eigenvalue weighted by molar-refractivity contribution is 7.89. The molecule has 0 aliphatic rings. The van der Waals surface area contributed by atoms with Crippen molar-refractivity contribution in [2.45, 2.75) is 18.4 Å². The Morgan fingerprint density at radius 3 is 2.70 bits per heavy atom. The summed E-state index contributed by atoms with van der Waals surface area (Å²) in [7, 11) is -3.77. The second kappa shape index (κ2) is 5.82. The maximum Gasteiger partial charge on any atom is 0.240 e. The summed E-state index contributed by atoms with van der Waals surface area (Å²) in [5.41, 5.74) is 1.27. The second-order valence-corrected chi connectivity index (χ2v) is 6.23. The zero-order valence-corrected chi connectivity index (χ0v) is 12.0. The van der Waals surface area contributed by atoms with Gasteiger partial charge in [0, 0.05) is 5.69 Å². The van der Waals surface area contributed by atoms with Crippen molar-refractivity contribution in [3.05, 3.63) is 52.8 Å². The molecule has 0 bridgehead atoms. The van der Waals surface area contributed by atoms with Gasteiger partial charge in [-0.3, -0.25) is 0 Å². The molecule has 1 N–H and O–H groups in total. The molecular formula is C12H11ClFN3O2S. The third kappa shape index (κ3) is 3.50. The van der Waals surface area contributed by atoms with Crippen LogP contribution in [0.3, 0.4) is 0 Å². The summed E-state index contributed by atoms with van der Waals surface area (Å²) < 4.78 is 39.4. The SMILES string of the molecule is Cc1cc(CNS(=O)(=O)c2ccc(F)c(Cl)c2)ncn1. The molecule has 0 aliphatic carbocycles.